The number of hydrogen-bond donors (Lipinski definition) is 2. The van der Waals surface area contributed by atoms with E-state index in [-0.39, 0.29) is 30.0 Å². The Morgan fingerprint density at radius 2 is 1.43 bits per heavy atom. The standard InChI is InChI=1S/C20H25NO7/c1-3-27-19(25)12-9-13(20(26)28-4-2)11-14(10-12)21-17(22)15-7-5-6-8-16(15)18(23)24/h9-11,15-16H,3-8H2,1-2H3,(H,21,22)(H,23,24)/t15-,16+/m0/s1. The molecule has 8 heteroatoms. The van der Waals surface area contributed by atoms with Crippen molar-refractivity contribution in [2.75, 3.05) is 18.5 Å². The number of ether oxygens (including phenoxy) is 2. The summed E-state index contributed by atoms with van der Waals surface area (Å²) in [6, 6.07) is 4.14. The van der Waals surface area contributed by atoms with Crippen LogP contribution in [0.5, 0.6) is 0 Å². The number of carbonyl (C=O) groups is 4. The molecular formula is C20H25NO7. The number of amides is 1. The summed E-state index contributed by atoms with van der Waals surface area (Å²) in [4.78, 5) is 48.3. The van der Waals surface area contributed by atoms with Crippen LogP contribution in [0.15, 0.2) is 18.2 Å². The smallest absolute Gasteiger partial charge is 0.338 e. The van der Waals surface area contributed by atoms with Crippen molar-refractivity contribution >= 4 is 29.5 Å². The number of carboxylic acid groups (broad SMARTS) is 1. The molecule has 2 N–H and O–H groups in total. The summed E-state index contributed by atoms with van der Waals surface area (Å²) in [5.41, 5.74) is 0.413. The minimum atomic E-state index is -0.993. The predicted molar refractivity (Wildman–Crippen MR) is 100 cm³/mol. The Morgan fingerprint density at radius 3 is 1.89 bits per heavy atom. The molecule has 1 saturated carbocycles. The van der Waals surface area contributed by atoms with Crippen LogP contribution >= 0.6 is 0 Å². The number of aliphatic carboxylic acids is 1. The molecule has 1 amide bonds. The fraction of sp³-hybridized carbons (Fsp3) is 0.500. The van der Waals surface area contributed by atoms with Crippen molar-refractivity contribution in [1.29, 1.82) is 0 Å². The van der Waals surface area contributed by atoms with Gasteiger partial charge in [-0.3, -0.25) is 9.59 Å². The van der Waals surface area contributed by atoms with Gasteiger partial charge in [0.2, 0.25) is 5.91 Å². The number of rotatable bonds is 7. The van der Waals surface area contributed by atoms with E-state index >= 15 is 0 Å². The van der Waals surface area contributed by atoms with Crippen LogP contribution in [0.3, 0.4) is 0 Å². The zero-order valence-corrected chi connectivity index (χ0v) is 16.0. The largest absolute Gasteiger partial charge is 0.481 e. The maximum Gasteiger partial charge on any atom is 0.338 e. The highest BCUT2D eigenvalue weighted by Crippen LogP contribution is 2.31. The molecule has 28 heavy (non-hydrogen) atoms. The number of carbonyl (C=O) groups excluding carboxylic acids is 3. The van der Waals surface area contributed by atoms with E-state index in [1.165, 1.54) is 18.2 Å². The number of hydrogen-bond acceptors (Lipinski definition) is 6. The molecule has 1 aliphatic carbocycles. The van der Waals surface area contributed by atoms with Gasteiger partial charge in [0.15, 0.2) is 0 Å². The van der Waals surface area contributed by atoms with Gasteiger partial charge < -0.3 is 19.9 Å². The van der Waals surface area contributed by atoms with Crippen LogP contribution in [0.4, 0.5) is 5.69 Å². The monoisotopic (exact) mass is 391 g/mol. The van der Waals surface area contributed by atoms with Crippen molar-refractivity contribution < 1.29 is 33.8 Å². The van der Waals surface area contributed by atoms with Gasteiger partial charge in [0.1, 0.15) is 0 Å². The Hall–Kier alpha value is -2.90. The maximum absolute atomic E-state index is 12.7. The molecule has 0 heterocycles. The molecule has 2 rings (SSSR count). The first-order chi connectivity index (χ1) is 13.4. The van der Waals surface area contributed by atoms with Crippen molar-refractivity contribution in [3.63, 3.8) is 0 Å². The van der Waals surface area contributed by atoms with Crippen molar-refractivity contribution in [2.24, 2.45) is 11.8 Å². The molecular weight excluding hydrogens is 366 g/mol. The molecule has 1 aliphatic rings. The average molecular weight is 391 g/mol. The Labute approximate surface area is 163 Å². The van der Waals surface area contributed by atoms with Gasteiger partial charge in [0, 0.05) is 5.69 Å². The van der Waals surface area contributed by atoms with Crippen LogP contribution in [0, 0.1) is 11.8 Å². The second-order valence-corrected chi connectivity index (χ2v) is 6.56. The number of benzene rings is 1. The minimum Gasteiger partial charge on any atom is -0.481 e. The van der Waals surface area contributed by atoms with Crippen LogP contribution in [0.1, 0.15) is 60.2 Å². The molecule has 152 valence electrons. The first kappa shape index (κ1) is 21.4. The van der Waals surface area contributed by atoms with E-state index in [1.807, 2.05) is 0 Å². The molecule has 1 fully saturated rings. The summed E-state index contributed by atoms with van der Waals surface area (Å²) in [7, 11) is 0. The van der Waals surface area contributed by atoms with E-state index in [0.717, 1.165) is 12.8 Å². The SMILES string of the molecule is CCOC(=O)c1cc(NC(=O)[C@H]2CCCC[C@H]2C(=O)O)cc(C(=O)OCC)c1. The molecule has 1 aromatic rings. The van der Waals surface area contributed by atoms with Gasteiger partial charge in [-0.1, -0.05) is 12.8 Å². The van der Waals surface area contributed by atoms with Gasteiger partial charge in [-0.2, -0.15) is 0 Å². The number of anilines is 1. The number of nitrogens with one attached hydrogen (secondary N) is 1. The lowest BCUT2D eigenvalue weighted by molar-refractivity contribution is -0.147. The molecule has 0 unspecified atom stereocenters. The first-order valence-corrected chi connectivity index (χ1v) is 9.40. The third-order valence-electron chi connectivity index (χ3n) is 4.64. The third kappa shape index (κ3) is 5.31. The van der Waals surface area contributed by atoms with E-state index in [0.29, 0.717) is 12.8 Å². The van der Waals surface area contributed by atoms with Gasteiger partial charge in [-0.25, -0.2) is 9.59 Å². The lowest BCUT2D eigenvalue weighted by Crippen LogP contribution is -2.36. The highest BCUT2D eigenvalue weighted by molar-refractivity contribution is 6.00. The number of esters is 2. The van der Waals surface area contributed by atoms with Crippen molar-refractivity contribution in [3.8, 4) is 0 Å². The quantitative estimate of drug-likeness (QED) is 0.686. The summed E-state index contributed by atoms with van der Waals surface area (Å²) < 4.78 is 9.93. The normalized spacial score (nSPS) is 18.8. The molecule has 2 atom stereocenters. The zero-order valence-electron chi connectivity index (χ0n) is 16.0. The lowest BCUT2D eigenvalue weighted by Gasteiger charge is -2.27. The van der Waals surface area contributed by atoms with Crippen molar-refractivity contribution in [3.05, 3.63) is 29.3 Å². The highest BCUT2D eigenvalue weighted by atomic mass is 16.5. The minimum absolute atomic E-state index is 0.0983. The van der Waals surface area contributed by atoms with Crippen LogP contribution in [0.2, 0.25) is 0 Å². The maximum atomic E-state index is 12.7. The molecule has 8 nitrogen and oxygen atoms in total. The Kier molecular flexibility index (Phi) is 7.54. The lowest BCUT2D eigenvalue weighted by atomic mass is 9.78. The van der Waals surface area contributed by atoms with Crippen molar-refractivity contribution in [2.45, 2.75) is 39.5 Å². The number of carboxylic acids is 1. The van der Waals surface area contributed by atoms with Crippen LogP contribution in [-0.2, 0) is 19.1 Å². The summed E-state index contributed by atoms with van der Waals surface area (Å²) in [6.07, 6.45) is 2.47. The van der Waals surface area contributed by atoms with E-state index in [2.05, 4.69) is 5.32 Å². The van der Waals surface area contributed by atoms with Crippen LogP contribution in [-0.4, -0.2) is 42.1 Å². The highest BCUT2D eigenvalue weighted by Gasteiger charge is 2.35. The van der Waals surface area contributed by atoms with Crippen LogP contribution < -0.4 is 5.32 Å². The van der Waals surface area contributed by atoms with E-state index in [1.54, 1.807) is 13.8 Å². The second kappa shape index (κ2) is 9.87. The fourth-order valence-electron chi connectivity index (χ4n) is 3.34. The molecule has 0 saturated heterocycles. The van der Waals surface area contributed by atoms with Gasteiger partial charge >= 0.3 is 17.9 Å². The van der Waals surface area contributed by atoms with Gasteiger partial charge in [-0.15, -0.1) is 0 Å². The molecule has 0 aliphatic heterocycles. The van der Waals surface area contributed by atoms with E-state index in [9.17, 15) is 24.3 Å². The molecule has 1 aromatic carbocycles. The Balaban J connectivity index is 2.29. The van der Waals surface area contributed by atoms with E-state index < -0.39 is 35.7 Å². The summed E-state index contributed by atoms with van der Waals surface area (Å²) in [5.74, 6) is -4.11. The first-order valence-electron chi connectivity index (χ1n) is 9.40. The average Bonchev–Trinajstić information content (AvgIpc) is 2.68. The summed E-state index contributed by atoms with van der Waals surface area (Å²) >= 11 is 0. The second-order valence-electron chi connectivity index (χ2n) is 6.56. The van der Waals surface area contributed by atoms with Crippen molar-refractivity contribution in [1.82, 2.24) is 0 Å². The summed E-state index contributed by atoms with van der Waals surface area (Å²) in [6.45, 7) is 3.63. The fourth-order valence-corrected chi connectivity index (χ4v) is 3.34. The Morgan fingerprint density at radius 1 is 0.929 bits per heavy atom. The van der Waals surface area contributed by atoms with Gasteiger partial charge in [-0.05, 0) is 44.9 Å². The Bertz CT molecular complexity index is 723. The molecule has 0 radical (unpaired) electrons. The predicted octanol–water partition coefficient (Wildman–Crippen LogP) is 2.87. The van der Waals surface area contributed by atoms with Gasteiger partial charge in [0.05, 0.1) is 36.2 Å². The third-order valence-corrected chi connectivity index (χ3v) is 4.64. The molecule has 0 spiro atoms. The molecule has 0 bridgehead atoms. The van der Waals surface area contributed by atoms with Gasteiger partial charge in [0.25, 0.3) is 0 Å². The molecule has 0 aromatic heterocycles. The summed E-state index contributed by atoms with van der Waals surface area (Å²) in [5, 5.41) is 12.0. The zero-order chi connectivity index (χ0) is 20.7. The topological polar surface area (TPSA) is 119 Å². The van der Waals surface area contributed by atoms with E-state index in [4.69, 9.17) is 9.47 Å². The van der Waals surface area contributed by atoms with Crippen LogP contribution in [0.25, 0.3) is 0 Å².